The van der Waals surface area contributed by atoms with Crippen LogP contribution in [0, 0.1) is 0 Å². The van der Waals surface area contributed by atoms with Crippen molar-refractivity contribution in [1.82, 2.24) is 0 Å². The molecule has 50 valence electrons. The largest absolute Gasteiger partial charge is 0.237 e. The number of hydrogen-bond donors (Lipinski definition) is 0. The van der Waals surface area contributed by atoms with Gasteiger partial charge in [0.2, 0.25) is 0 Å². The molecule has 0 aliphatic rings. The van der Waals surface area contributed by atoms with Crippen LogP contribution in [0.2, 0.25) is 0 Å². The van der Waals surface area contributed by atoms with Gasteiger partial charge in [0.1, 0.15) is 0 Å². The number of rotatable bonds is 5. The second-order valence-electron chi connectivity index (χ2n) is 1.33. The molecule has 0 fully saturated rings. The average molecular weight is 230 g/mol. The van der Waals surface area contributed by atoms with E-state index in [1.54, 1.807) is 0 Å². The predicted octanol–water partition coefficient (Wildman–Crippen LogP) is 1.78. The fraction of sp³-hybridized carbons (Fsp3) is 1.00. The minimum absolute atomic E-state index is 0.695. The smallest absolute Gasteiger partial charge is 0.0911 e. The van der Waals surface area contributed by atoms with Gasteiger partial charge in [-0.2, -0.15) is 0 Å². The maximum absolute atomic E-state index is 4.72. The van der Waals surface area contributed by atoms with Gasteiger partial charge in [-0.25, -0.2) is 9.78 Å². The minimum atomic E-state index is 0.695. The molecular weight excluding hydrogens is 219 g/mol. The Morgan fingerprint density at radius 1 is 1.25 bits per heavy atom. The van der Waals surface area contributed by atoms with Crippen molar-refractivity contribution in [2.24, 2.45) is 0 Å². The molecule has 2 nitrogen and oxygen atoms in total. The topological polar surface area (TPSA) is 18.5 Å². The first-order chi connectivity index (χ1) is 3.91. The van der Waals surface area contributed by atoms with Crippen LogP contribution in [0.15, 0.2) is 0 Å². The summed E-state index contributed by atoms with van der Waals surface area (Å²) in [6.07, 6.45) is 1.02. The van der Waals surface area contributed by atoms with Crippen LogP contribution in [0.5, 0.6) is 0 Å². The summed E-state index contributed by atoms with van der Waals surface area (Å²) in [7, 11) is 0. The lowest BCUT2D eigenvalue weighted by molar-refractivity contribution is -0.289. The Hall–Kier alpha value is 0.650. The van der Waals surface area contributed by atoms with Crippen molar-refractivity contribution in [2.75, 3.05) is 17.6 Å². The van der Waals surface area contributed by atoms with E-state index in [-0.39, 0.29) is 0 Å². The van der Waals surface area contributed by atoms with Crippen molar-refractivity contribution < 1.29 is 9.78 Å². The highest BCUT2D eigenvalue weighted by molar-refractivity contribution is 14.1. The molecule has 3 heteroatoms. The van der Waals surface area contributed by atoms with E-state index >= 15 is 0 Å². The van der Waals surface area contributed by atoms with Crippen molar-refractivity contribution in [1.29, 1.82) is 0 Å². The zero-order valence-corrected chi connectivity index (χ0v) is 7.18. The Morgan fingerprint density at radius 2 is 1.88 bits per heavy atom. The van der Waals surface area contributed by atoms with Gasteiger partial charge in [0.05, 0.1) is 13.2 Å². The maximum atomic E-state index is 4.72. The second kappa shape index (κ2) is 7.65. The molecule has 8 heavy (non-hydrogen) atoms. The molecule has 0 saturated heterocycles. The highest BCUT2D eigenvalue weighted by Crippen LogP contribution is 1.85. The summed E-state index contributed by atoms with van der Waals surface area (Å²) >= 11 is 2.23. The van der Waals surface area contributed by atoms with Crippen LogP contribution < -0.4 is 0 Å². The number of alkyl halides is 1. The van der Waals surface area contributed by atoms with E-state index in [1.165, 1.54) is 0 Å². The quantitative estimate of drug-likeness (QED) is 0.235. The van der Waals surface area contributed by atoms with Gasteiger partial charge in [-0.05, 0) is 6.42 Å². The molecule has 0 spiro atoms. The second-order valence-corrected chi connectivity index (χ2v) is 2.41. The Morgan fingerprint density at radius 3 is 2.38 bits per heavy atom. The van der Waals surface area contributed by atoms with Gasteiger partial charge >= 0.3 is 0 Å². The lowest BCUT2D eigenvalue weighted by Crippen LogP contribution is -1.97. The average Bonchev–Trinajstić information content (AvgIpc) is 1.81. The lowest BCUT2D eigenvalue weighted by Gasteiger charge is -1.97. The molecule has 0 rings (SSSR count). The van der Waals surface area contributed by atoms with E-state index in [0.717, 1.165) is 10.8 Å². The molecular formula is C5H11IO2. The van der Waals surface area contributed by atoms with Gasteiger partial charge in [-0.3, -0.25) is 0 Å². The standard InChI is InChI=1S/C5H11IO2/c1-2-4-7-8-5-3-6/h2-5H2,1H3. The van der Waals surface area contributed by atoms with Gasteiger partial charge in [-0.15, -0.1) is 0 Å². The van der Waals surface area contributed by atoms with E-state index < -0.39 is 0 Å². The molecule has 0 aromatic heterocycles. The van der Waals surface area contributed by atoms with Crippen LogP contribution >= 0.6 is 22.6 Å². The monoisotopic (exact) mass is 230 g/mol. The molecule has 0 unspecified atom stereocenters. The third kappa shape index (κ3) is 6.65. The SMILES string of the molecule is CCCOOCCI. The normalized spacial score (nSPS) is 9.75. The number of hydrogen-bond acceptors (Lipinski definition) is 2. The highest BCUT2D eigenvalue weighted by Gasteiger charge is 1.82. The molecule has 0 heterocycles. The fourth-order valence-corrected chi connectivity index (χ4v) is 0.412. The van der Waals surface area contributed by atoms with Gasteiger partial charge < -0.3 is 0 Å². The molecule has 0 amide bonds. The van der Waals surface area contributed by atoms with E-state index in [2.05, 4.69) is 22.6 Å². The van der Waals surface area contributed by atoms with Crippen LogP contribution in [0.1, 0.15) is 13.3 Å². The Bertz CT molecular complexity index is 35.4. The summed E-state index contributed by atoms with van der Waals surface area (Å²) in [5.41, 5.74) is 0. The van der Waals surface area contributed by atoms with Gasteiger partial charge in [-0.1, -0.05) is 29.5 Å². The van der Waals surface area contributed by atoms with Gasteiger partial charge in [0.25, 0.3) is 0 Å². The summed E-state index contributed by atoms with van der Waals surface area (Å²) in [6.45, 7) is 3.45. The van der Waals surface area contributed by atoms with Crippen LogP contribution in [-0.2, 0) is 9.78 Å². The molecule has 0 aromatic carbocycles. The van der Waals surface area contributed by atoms with Crippen molar-refractivity contribution in [3.8, 4) is 0 Å². The van der Waals surface area contributed by atoms with Gasteiger partial charge in [0.15, 0.2) is 0 Å². The van der Waals surface area contributed by atoms with E-state index in [4.69, 9.17) is 9.78 Å². The maximum Gasteiger partial charge on any atom is 0.0911 e. The first kappa shape index (κ1) is 8.65. The third-order valence-electron chi connectivity index (χ3n) is 0.531. The summed E-state index contributed by atoms with van der Waals surface area (Å²) in [5, 5.41) is 0. The zero-order chi connectivity index (χ0) is 6.24. The Balaban J connectivity index is 2.53. The van der Waals surface area contributed by atoms with Crippen molar-refractivity contribution in [3.63, 3.8) is 0 Å². The molecule has 0 atom stereocenters. The molecule has 0 radical (unpaired) electrons. The van der Waals surface area contributed by atoms with Gasteiger partial charge in [0, 0.05) is 4.43 Å². The van der Waals surface area contributed by atoms with Crippen molar-refractivity contribution >= 4 is 22.6 Å². The van der Waals surface area contributed by atoms with Crippen LogP contribution in [0.3, 0.4) is 0 Å². The zero-order valence-electron chi connectivity index (χ0n) is 5.02. The van der Waals surface area contributed by atoms with Crippen LogP contribution in [0.25, 0.3) is 0 Å². The van der Waals surface area contributed by atoms with Crippen LogP contribution in [0.4, 0.5) is 0 Å². The molecule has 0 bridgehead atoms. The lowest BCUT2D eigenvalue weighted by atomic mass is 10.5. The molecule has 0 aliphatic carbocycles. The van der Waals surface area contributed by atoms with E-state index in [0.29, 0.717) is 13.2 Å². The summed E-state index contributed by atoms with van der Waals surface area (Å²) in [5.74, 6) is 0. The molecule has 0 aliphatic heterocycles. The van der Waals surface area contributed by atoms with E-state index in [1.807, 2.05) is 6.92 Å². The van der Waals surface area contributed by atoms with Crippen molar-refractivity contribution in [2.45, 2.75) is 13.3 Å². The molecule has 0 aromatic rings. The first-order valence-corrected chi connectivity index (χ1v) is 4.24. The predicted molar refractivity (Wildman–Crippen MR) is 41.1 cm³/mol. The molecule has 0 saturated carbocycles. The minimum Gasteiger partial charge on any atom is -0.237 e. The summed E-state index contributed by atoms with van der Waals surface area (Å²) in [6, 6.07) is 0. The van der Waals surface area contributed by atoms with Crippen LogP contribution in [-0.4, -0.2) is 17.6 Å². The number of halogens is 1. The summed E-state index contributed by atoms with van der Waals surface area (Å²) < 4.78 is 0.988. The Labute approximate surface area is 63.6 Å². The summed E-state index contributed by atoms with van der Waals surface area (Å²) in [4.78, 5) is 9.43. The first-order valence-electron chi connectivity index (χ1n) is 2.72. The highest BCUT2D eigenvalue weighted by atomic mass is 127. The Kier molecular flexibility index (Phi) is 8.27. The van der Waals surface area contributed by atoms with E-state index in [9.17, 15) is 0 Å². The molecule has 0 N–H and O–H groups in total. The fourth-order valence-electron chi connectivity index (χ4n) is 0.233. The third-order valence-corrected chi connectivity index (χ3v) is 0.972. The van der Waals surface area contributed by atoms with Crippen molar-refractivity contribution in [3.05, 3.63) is 0 Å².